The van der Waals surface area contributed by atoms with E-state index in [2.05, 4.69) is 27.8 Å². The third-order valence-electron chi connectivity index (χ3n) is 5.20. The molecule has 168 valence electrons. The number of hydrogen-bond donors (Lipinski definition) is 3. The van der Waals surface area contributed by atoms with Gasteiger partial charge in [-0.05, 0) is 29.2 Å². The van der Waals surface area contributed by atoms with E-state index in [0.29, 0.717) is 10.6 Å². The van der Waals surface area contributed by atoms with Crippen LogP contribution in [0.4, 0.5) is 9.93 Å². The van der Waals surface area contributed by atoms with Gasteiger partial charge in [0.05, 0.1) is 5.69 Å². The Morgan fingerprint density at radius 3 is 2.36 bits per heavy atom. The second-order valence-corrected chi connectivity index (χ2v) is 8.33. The maximum atomic E-state index is 12.4. The van der Waals surface area contributed by atoms with Crippen molar-refractivity contribution in [2.24, 2.45) is 0 Å². The lowest BCUT2D eigenvalue weighted by Crippen LogP contribution is -2.23. The maximum Gasteiger partial charge on any atom is 0.413 e. The lowest BCUT2D eigenvalue weighted by atomic mass is 9.98. The number of amides is 2. The first-order valence-corrected chi connectivity index (χ1v) is 11.0. The van der Waals surface area contributed by atoms with Gasteiger partial charge < -0.3 is 15.2 Å². The number of anilines is 1. The van der Waals surface area contributed by atoms with Crippen LogP contribution in [0.3, 0.4) is 0 Å². The monoisotopic (exact) mass is 463 g/mol. The largest absolute Gasteiger partial charge is 0.478 e. The van der Waals surface area contributed by atoms with E-state index in [0.717, 1.165) is 39.7 Å². The zero-order valence-corrected chi connectivity index (χ0v) is 18.5. The summed E-state index contributed by atoms with van der Waals surface area (Å²) in [5.41, 5.74) is 4.98. The number of aryl methyl sites for hydroxylation is 1. The SMILES string of the molecule is Cc1nc(NC(=O)OCC2c3ccccc3-c3ccccc32)sc1C(=O)NC/C=C/C(=O)O. The Labute approximate surface area is 193 Å². The van der Waals surface area contributed by atoms with Gasteiger partial charge in [0.25, 0.3) is 5.91 Å². The number of nitrogens with one attached hydrogen (secondary N) is 2. The van der Waals surface area contributed by atoms with E-state index < -0.39 is 18.0 Å². The van der Waals surface area contributed by atoms with E-state index in [4.69, 9.17) is 9.84 Å². The van der Waals surface area contributed by atoms with Crippen molar-refractivity contribution in [3.05, 3.63) is 82.4 Å². The van der Waals surface area contributed by atoms with Crippen LogP contribution >= 0.6 is 11.3 Å². The molecule has 0 radical (unpaired) electrons. The molecular formula is C24H21N3O5S. The molecule has 1 heterocycles. The van der Waals surface area contributed by atoms with Crippen LogP contribution in [-0.2, 0) is 9.53 Å². The number of benzene rings is 2. The number of aromatic nitrogens is 1. The zero-order valence-electron chi connectivity index (χ0n) is 17.7. The highest BCUT2D eigenvalue weighted by atomic mass is 32.1. The fourth-order valence-corrected chi connectivity index (χ4v) is 4.64. The molecule has 4 rings (SSSR count). The van der Waals surface area contributed by atoms with Gasteiger partial charge in [-0.2, -0.15) is 0 Å². The number of carbonyl (C=O) groups excluding carboxylic acids is 2. The summed E-state index contributed by atoms with van der Waals surface area (Å²) in [5, 5.41) is 14.0. The average Bonchev–Trinajstić information content (AvgIpc) is 3.32. The normalized spacial score (nSPS) is 12.3. The standard InChI is InChI=1S/C24H21N3O5S/c1-14-21(22(30)25-12-6-11-20(28)29)33-23(26-14)27-24(31)32-13-19-17-9-4-2-7-15(17)16-8-3-5-10-18(16)19/h2-11,19H,12-13H2,1H3,(H,25,30)(H,28,29)(H,26,27,31)/b11-6+. The quantitative estimate of drug-likeness (QED) is 0.453. The minimum atomic E-state index is -1.09. The Hall–Kier alpha value is -3.98. The van der Waals surface area contributed by atoms with Gasteiger partial charge in [0.1, 0.15) is 11.5 Å². The van der Waals surface area contributed by atoms with Gasteiger partial charge >= 0.3 is 12.1 Å². The predicted octanol–water partition coefficient (Wildman–Crippen LogP) is 4.18. The summed E-state index contributed by atoms with van der Waals surface area (Å²) >= 11 is 1.02. The van der Waals surface area contributed by atoms with Gasteiger partial charge in [-0.1, -0.05) is 65.9 Å². The fraction of sp³-hybridized carbons (Fsp3) is 0.167. The average molecular weight is 464 g/mol. The smallest absolute Gasteiger partial charge is 0.413 e. The molecule has 1 aromatic heterocycles. The number of hydrogen-bond acceptors (Lipinski definition) is 6. The van der Waals surface area contributed by atoms with Crippen molar-refractivity contribution in [1.29, 1.82) is 0 Å². The first-order valence-electron chi connectivity index (χ1n) is 10.2. The minimum absolute atomic E-state index is 0.0543. The van der Waals surface area contributed by atoms with Gasteiger partial charge in [-0.25, -0.2) is 14.6 Å². The van der Waals surface area contributed by atoms with Gasteiger partial charge in [-0.3, -0.25) is 10.1 Å². The maximum absolute atomic E-state index is 12.4. The van der Waals surface area contributed by atoms with E-state index in [9.17, 15) is 14.4 Å². The van der Waals surface area contributed by atoms with E-state index in [1.807, 2.05) is 36.4 Å². The molecular weight excluding hydrogens is 442 g/mol. The van der Waals surface area contributed by atoms with Crippen molar-refractivity contribution in [2.45, 2.75) is 12.8 Å². The van der Waals surface area contributed by atoms with Crippen molar-refractivity contribution in [2.75, 3.05) is 18.5 Å². The Balaban J connectivity index is 1.37. The molecule has 0 aliphatic heterocycles. The molecule has 8 nitrogen and oxygen atoms in total. The molecule has 0 unspecified atom stereocenters. The first kappa shape index (κ1) is 22.2. The number of fused-ring (bicyclic) bond motifs is 3. The summed E-state index contributed by atoms with van der Waals surface area (Å²) in [7, 11) is 0. The van der Waals surface area contributed by atoms with Crippen LogP contribution in [0.25, 0.3) is 11.1 Å². The molecule has 0 spiro atoms. The molecule has 3 aromatic rings. The molecule has 2 amide bonds. The van der Waals surface area contributed by atoms with Crippen LogP contribution in [0, 0.1) is 6.92 Å². The number of carboxylic acids is 1. The number of nitrogens with zero attached hydrogens (tertiary/aromatic N) is 1. The summed E-state index contributed by atoms with van der Waals surface area (Å²) < 4.78 is 5.51. The number of carbonyl (C=O) groups is 3. The second-order valence-electron chi connectivity index (χ2n) is 7.33. The molecule has 0 bridgehead atoms. The number of thiazole rings is 1. The van der Waals surface area contributed by atoms with Crippen molar-refractivity contribution in [1.82, 2.24) is 10.3 Å². The summed E-state index contributed by atoms with van der Waals surface area (Å²) in [6.45, 7) is 1.90. The molecule has 0 saturated heterocycles. The topological polar surface area (TPSA) is 118 Å². The van der Waals surface area contributed by atoms with E-state index >= 15 is 0 Å². The Morgan fingerprint density at radius 1 is 1.09 bits per heavy atom. The lowest BCUT2D eigenvalue weighted by Gasteiger charge is -2.14. The lowest BCUT2D eigenvalue weighted by molar-refractivity contribution is -0.131. The van der Waals surface area contributed by atoms with Crippen LogP contribution in [0.5, 0.6) is 0 Å². The molecule has 3 N–H and O–H groups in total. The molecule has 0 saturated carbocycles. The van der Waals surface area contributed by atoms with Crippen LogP contribution < -0.4 is 10.6 Å². The van der Waals surface area contributed by atoms with Crippen molar-refractivity contribution in [3.8, 4) is 11.1 Å². The van der Waals surface area contributed by atoms with Crippen LogP contribution in [0.1, 0.15) is 32.4 Å². The molecule has 0 fully saturated rings. The van der Waals surface area contributed by atoms with Gasteiger partial charge in [0.15, 0.2) is 5.13 Å². The molecule has 1 aliphatic carbocycles. The second kappa shape index (κ2) is 9.66. The Kier molecular flexibility index (Phi) is 6.50. The van der Waals surface area contributed by atoms with Crippen LogP contribution in [0.2, 0.25) is 0 Å². The number of aliphatic carboxylic acids is 1. The predicted molar refractivity (Wildman–Crippen MR) is 125 cm³/mol. The molecule has 9 heteroatoms. The summed E-state index contributed by atoms with van der Waals surface area (Å²) in [6.07, 6.45) is 1.62. The molecule has 1 aliphatic rings. The first-order chi connectivity index (χ1) is 15.9. The third kappa shape index (κ3) is 4.93. The highest BCUT2D eigenvalue weighted by molar-refractivity contribution is 7.17. The zero-order chi connectivity index (χ0) is 23.4. The summed E-state index contributed by atoms with van der Waals surface area (Å²) in [6, 6.07) is 16.1. The number of rotatable bonds is 7. The van der Waals surface area contributed by atoms with Gasteiger partial charge in [0, 0.05) is 18.5 Å². The van der Waals surface area contributed by atoms with E-state index in [1.165, 1.54) is 6.08 Å². The molecule has 0 atom stereocenters. The molecule has 2 aromatic carbocycles. The van der Waals surface area contributed by atoms with E-state index in [1.54, 1.807) is 6.92 Å². The van der Waals surface area contributed by atoms with Crippen molar-refractivity contribution in [3.63, 3.8) is 0 Å². The summed E-state index contributed by atoms with van der Waals surface area (Å²) in [5.74, 6) is -1.55. The van der Waals surface area contributed by atoms with Gasteiger partial charge in [0.2, 0.25) is 0 Å². The molecule has 33 heavy (non-hydrogen) atoms. The highest BCUT2D eigenvalue weighted by Crippen LogP contribution is 2.44. The minimum Gasteiger partial charge on any atom is -0.478 e. The van der Waals surface area contributed by atoms with E-state index in [-0.39, 0.29) is 24.2 Å². The van der Waals surface area contributed by atoms with Crippen molar-refractivity contribution >= 4 is 34.4 Å². The summed E-state index contributed by atoms with van der Waals surface area (Å²) in [4.78, 5) is 39.7. The van der Waals surface area contributed by atoms with Crippen LogP contribution in [-0.4, -0.2) is 41.2 Å². The van der Waals surface area contributed by atoms with Crippen LogP contribution in [0.15, 0.2) is 60.7 Å². The van der Waals surface area contributed by atoms with Gasteiger partial charge in [-0.15, -0.1) is 0 Å². The Bertz CT molecular complexity index is 1200. The van der Waals surface area contributed by atoms with Crippen molar-refractivity contribution < 1.29 is 24.2 Å². The fourth-order valence-electron chi connectivity index (χ4n) is 3.77. The number of ether oxygens (including phenoxy) is 1. The highest BCUT2D eigenvalue weighted by Gasteiger charge is 2.29. The Morgan fingerprint density at radius 2 is 1.73 bits per heavy atom. The third-order valence-corrected chi connectivity index (χ3v) is 6.27. The number of carboxylic acid groups (broad SMARTS) is 1.